The molecule has 2 aliphatic rings. The normalized spacial score (nSPS) is 21.9. The van der Waals surface area contributed by atoms with E-state index in [9.17, 15) is 20.3 Å². The average molecular weight is 312 g/mol. The van der Waals surface area contributed by atoms with E-state index in [0.29, 0.717) is 12.0 Å². The first-order valence-electron chi connectivity index (χ1n) is 7.61. The number of fused-ring (bicyclic) bond motifs is 5. The summed E-state index contributed by atoms with van der Waals surface area (Å²) in [5.74, 6) is -1.11. The van der Waals surface area contributed by atoms with E-state index in [1.807, 2.05) is 24.3 Å². The van der Waals surface area contributed by atoms with E-state index in [1.54, 1.807) is 0 Å². The molecule has 118 valence electrons. The lowest BCUT2D eigenvalue weighted by Crippen LogP contribution is -2.42. The van der Waals surface area contributed by atoms with E-state index in [-0.39, 0.29) is 17.6 Å². The van der Waals surface area contributed by atoms with Crippen molar-refractivity contribution in [2.24, 2.45) is 0 Å². The molecule has 1 aliphatic carbocycles. The number of nitrogens with one attached hydrogen (secondary N) is 1. The van der Waals surface area contributed by atoms with Gasteiger partial charge in [-0.2, -0.15) is 0 Å². The second-order valence-electron chi connectivity index (χ2n) is 6.12. The number of nitrogens with zero attached hydrogens (tertiary/aromatic N) is 1. The molecule has 2 atom stereocenters. The zero-order valence-corrected chi connectivity index (χ0v) is 12.3. The highest BCUT2D eigenvalue weighted by Crippen LogP contribution is 2.49. The van der Waals surface area contributed by atoms with Crippen LogP contribution in [0.4, 0.5) is 5.69 Å². The zero-order valence-electron chi connectivity index (χ0n) is 12.3. The number of aromatic hydroxyl groups is 2. The second kappa shape index (κ2) is 4.96. The first-order valence-corrected chi connectivity index (χ1v) is 7.61. The Balaban J connectivity index is 1.98. The maximum Gasteiger partial charge on any atom is 0.318 e. The van der Waals surface area contributed by atoms with Crippen molar-refractivity contribution in [3.63, 3.8) is 0 Å². The minimum absolute atomic E-state index is 0.0473. The molecule has 2 aromatic rings. The second-order valence-corrected chi connectivity index (χ2v) is 6.12. The lowest BCUT2D eigenvalue weighted by Gasteiger charge is -2.39. The van der Waals surface area contributed by atoms with Crippen molar-refractivity contribution < 1.29 is 15.1 Å². The van der Waals surface area contributed by atoms with Crippen LogP contribution in [0, 0.1) is 10.1 Å². The SMILES string of the molecule is O=[N+]([O-])c1c(O)c(O)cc2c1CC[C@@H]1NCc3ccccc3[C@@H]21. The third-order valence-electron chi connectivity index (χ3n) is 4.96. The predicted molar refractivity (Wildman–Crippen MR) is 83.7 cm³/mol. The predicted octanol–water partition coefficient (Wildman–Crippen LogP) is 2.56. The Hall–Kier alpha value is -2.60. The van der Waals surface area contributed by atoms with E-state index in [2.05, 4.69) is 5.32 Å². The highest BCUT2D eigenvalue weighted by Gasteiger charge is 2.39. The summed E-state index contributed by atoms with van der Waals surface area (Å²) in [6, 6.07) is 9.69. The highest BCUT2D eigenvalue weighted by atomic mass is 16.6. The maximum atomic E-state index is 11.4. The van der Waals surface area contributed by atoms with E-state index in [1.165, 1.54) is 6.07 Å². The van der Waals surface area contributed by atoms with Crippen LogP contribution in [-0.2, 0) is 13.0 Å². The van der Waals surface area contributed by atoms with Gasteiger partial charge in [0.1, 0.15) is 0 Å². The van der Waals surface area contributed by atoms with Crippen molar-refractivity contribution in [1.29, 1.82) is 0 Å². The molecule has 0 saturated heterocycles. The molecule has 6 heteroatoms. The largest absolute Gasteiger partial charge is 0.504 e. The van der Waals surface area contributed by atoms with Crippen LogP contribution >= 0.6 is 0 Å². The van der Waals surface area contributed by atoms with Crippen molar-refractivity contribution >= 4 is 5.69 Å². The number of phenolic OH excluding ortho intramolecular Hbond substituents is 2. The third kappa shape index (κ3) is 1.98. The third-order valence-corrected chi connectivity index (χ3v) is 4.96. The molecular formula is C17H16N2O4. The van der Waals surface area contributed by atoms with Gasteiger partial charge in [-0.3, -0.25) is 10.1 Å². The Morgan fingerprint density at radius 1 is 1.22 bits per heavy atom. The molecule has 3 N–H and O–H groups in total. The quantitative estimate of drug-likeness (QED) is 0.427. The molecule has 2 aromatic carbocycles. The van der Waals surface area contributed by atoms with Crippen molar-refractivity contribution in [1.82, 2.24) is 5.32 Å². The molecule has 4 rings (SSSR count). The van der Waals surface area contributed by atoms with Crippen LogP contribution < -0.4 is 5.32 Å². The molecule has 23 heavy (non-hydrogen) atoms. The summed E-state index contributed by atoms with van der Waals surface area (Å²) in [6.07, 6.45) is 1.27. The van der Waals surface area contributed by atoms with Gasteiger partial charge in [0.15, 0.2) is 5.75 Å². The summed E-state index contributed by atoms with van der Waals surface area (Å²) in [6.45, 7) is 0.777. The summed E-state index contributed by atoms with van der Waals surface area (Å²) < 4.78 is 0. The van der Waals surface area contributed by atoms with Gasteiger partial charge >= 0.3 is 5.69 Å². The number of nitro benzene ring substituents is 1. The molecule has 0 aromatic heterocycles. The smallest absolute Gasteiger partial charge is 0.318 e. The zero-order chi connectivity index (χ0) is 16.1. The molecule has 1 aliphatic heterocycles. The van der Waals surface area contributed by atoms with Crippen LogP contribution in [0.15, 0.2) is 30.3 Å². The monoisotopic (exact) mass is 312 g/mol. The van der Waals surface area contributed by atoms with Gasteiger partial charge in [-0.25, -0.2) is 0 Å². The fourth-order valence-corrected chi connectivity index (χ4v) is 3.97. The summed E-state index contributed by atoms with van der Waals surface area (Å²) in [7, 11) is 0. The van der Waals surface area contributed by atoms with Gasteiger partial charge in [-0.05, 0) is 35.6 Å². The summed E-state index contributed by atoms with van der Waals surface area (Å²) in [5.41, 5.74) is 3.21. The molecule has 1 heterocycles. The molecule has 0 amide bonds. The van der Waals surface area contributed by atoms with E-state index >= 15 is 0 Å². The fourth-order valence-electron chi connectivity index (χ4n) is 3.97. The molecule has 0 bridgehead atoms. The summed E-state index contributed by atoms with van der Waals surface area (Å²) in [5, 5.41) is 34.7. The number of hydrogen-bond acceptors (Lipinski definition) is 5. The van der Waals surface area contributed by atoms with E-state index < -0.39 is 16.4 Å². The van der Waals surface area contributed by atoms with Crippen LogP contribution in [-0.4, -0.2) is 21.2 Å². The van der Waals surface area contributed by atoms with Gasteiger partial charge in [-0.15, -0.1) is 0 Å². The molecular weight excluding hydrogens is 296 g/mol. The van der Waals surface area contributed by atoms with Crippen molar-refractivity contribution in [3.05, 3.63) is 62.7 Å². The van der Waals surface area contributed by atoms with Gasteiger partial charge in [-0.1, -0.05) is 24.3 Å². The summed E-state index contributed by atoms with van der Waals surface area (Å²) >= 11 is 0. The molecule has 6 nitrogen and oxygen atoms in total. The Bertz CT molecular complexity index is 818. The van der Waals surface area contributed by atoms with Crippen molar-refractivity contribution in [2.45, 2.75) is 31.3 Å². The minimum atomic E-state index is -0.635. The standard InChI is InChI=1S/C17H16N2O4/c20-14-7-12-11(16(17(14)21)19(22)23)5-6-13-15(12)10-4-2-1-3-9(10)8-18-13/h1-4,7,13,15,18,20-21H,5-6,8H2/t13-,15-/m0/s1. The number of rotatable bonds is 1. The van der Waals surface area contributed by atoms with Gasteiger partial charge in [0.05, 0.1) is 4.92 Å². The molecule has 0 radical (unpaired) electrons. The summed E-state index contributed by atoms with van der Waals surface area (Å²) in [4.78, 5) is 10.8. The Labute approximate surface area is 132 Å². The minimum Gasteiger partial charge on any atom is -0.504 e. The molecule has 0 spiro atoms. The van der Waals surface area contributed by atoms with Crippen LogP contribution in [0.2, 0.25) is 0 Å². The first-order chi connectivity index (χ1) is 11.1. The fraction of sp³-hybridized carbons (Fsp3) is 0.294. The molecule has 0 fully saturated rings. The molecule has 0 saturated carbocycles. The van der Waals surface area contributed by atoms with E-state index in [4.69, 9.17) is 0 Å². The number of benzene rings is 2. The van der Waals surface area contributed by atoms with Gasteiger partial charge in [0.2, 0.25) is 5.75 Å². The Kier molecular flexibility index (Phi) is 3.02. The molecule has 0 unspecified atom stereocenters. The van der Waals surface area contributed by atoms with Crippen LogP contribution in [0.25, 0.3) is 0 Å². The number of hydrogen-bond donors (Lipinski definition) is 3. The van der Waals surface area contributed by atoms with Crippen molar-refractivity contribution in [2.75, 3.05) is 0 Å². The highest BCUT2D eigenvalue weighted by molar-refractivity contribution is 5.65. The topological polar surface area (TPSA) is 95.6 Å². The Morgan fingerprint density at radius 3 is 2.78 bits per heavy atom. The maximum absolute atomic E-state index is 11.4. The first kappa shape index (κ1) is 14.0. The van der Waals surface area contributed by atoms with Crippen LogP contribution in [0.3, 0.4) is 0 Å². The van der Waals surface area contributed by atoms with Crippen molar-refractivity contribution in [3.8, 4) is 11.5 Å². The number of nitro groups is 1. The number of phenols is 2. The van der Waals surface area contributed by atoms with Gasteiger partial charge in [0.25, 0.3) is 0 Å². The van der Waals surface area contributed by atoms with Gasteiger partial charge in [0, 0.05) is 24.1 Å². The van der Waals surface area contributed by atoms with Gasteiger partial charge < -0.3 is 15.5 Å². The van der Waals surface area contributed by atoms with Crippen LogP contribution in [0.1, 0.15) is 34.6 Å². The van der Waals surface area contributed by atoms with Crippen LogP contribution in [0.5, 0.6) is 11.5 Å². The average Bonchev–Trinajstić information content (AvgIpc) is 2.55. The lowest BCUT2D eigenvalue weighted by atomic mass is 9.72. The van der Waals surface area contributed by atoms with E-state index in [0.717, 1.165) is 29.7 Å². The Morgan fingerprint density at radius 2 is 2.00 bits per heavy atom. The lowest BCUT2D eigenvalue weighted by molar-refractivity contribution is -0.386.